The second-order valence-electron chi connectivity index (χ2n) is 4.91. The van der Waals surface area contributed by atoms with Crippen molar-refractivity contribution in [3.63, 3.8) is 0 Å². The molecule has 0 unspecified atom stereocenters. The van der Waals surface area contributed by atoms with Crippen LogP contribution in [0.4, 0.5) is 5.95 Å². The van der Waals surface area contributed by atoms with Crippen molar-refractivity contribution in [2.45, 2.75) is 20.3 Å². The number of hydrogen-bond donors (Lipinski definition) is 1. The molecule has 0 aromatic carbocycles. The average Bonchev–Trinajstić information content (AvgIpc) is 2.59. The Morgan fingerprint density at radius 1 is 1.44 bits per heavy atom. The first kappa shape index (κ1) is 10.9. The van der Waals surface area contributed by atoms with Crippen LogP contribution in [0, 0.1) is 5.41 Å². The Bertz CT molecular complexity index is 400. The van der Waals surface area contributed by atoms with Crippen LogP contribution in [-0.2, 0) is 0 Å². The maximum absolute atomic E-state index is 10.6. The molecular formula is C11H15N3O2. The zero-order valence-electron chi connectivity index (χ0n) is 9.47. The highest BCUT2D eigenvalue weighted by atomic mass is 16.4. The van der Waals surface area contributed by atoms with Gasteiger partial charge in [-0.3, -0.25) is 0 Å². The second kappa shape index (κ2) is 3.73. The predicted molar refractivity (Wildman–Crippen MR) is 59.6 cm³/mol. The summed E-state index contributed by atoms with van der Waals surface area (Å²) >= 11 is 0. The van der Waals surface area contributed by atoms with Gasteiger partial charge >= 0.3 is 5.97 Å². The van der Waals surface area contributed by atoms with E-state index in [4.69, 9.17) is 5.11 Å². The number of carbonyl (C=O) groups is 1. The monoisotopic (exact) mass is 221 g/mol. The Morgan fingerprint density at radius 2 is 2.06 bits per heavy atom. The van der Waals surface area contributed by atoms with Crippen LogP contribution in [0.3, 0.4) is 0 Å². The molecule has 0 bridgehead atoms. The third-order valence-electron chi connectivity index (χ3n) is 2.85. The van der Waals surface area contributed by atoms with Gasteiger partial charge in [0.1, 0.15) is 0 Å². The van der Waals surface area contributed by atoms with Crippen LogP contribution in [-0.4, -0.2) is 34.1 Å². The van der Waals surface area contributed by atoms with Crippen molar-refractivity contribution in [2.75, 3.05) is 18.0 Å². The lowest BCUT2D eigenvalue weighted by atomic mass is 9.93. The van der Waals surface area contributed by atoms with E-state index in [0.29, 0.717) is 5.95 Å². The SMILES string of the molecule is CC1(C)CCN(c2ncc(C(=O)O)cn2)C1. The van der Waals surface area contributed by atoms with Gasteiger partial charge in [0, 0.05) is 25.5 Å². The molecule has 1 aromatic heterocycles. The molecule has 0 radical (unpaired) electrons. The van der Waals surface area contributed by atoms with Crippen LogP contribution in [0.25, 0.3) is 0 Å². The molecular weight excluding hydrogens is 206 g/mol. The third-order valence-corrected chi connectivity index (χ3v) is 2.85. The summed E-state index contributed by atoms with van der Waals surface area (Å²) in [5.74, 6) is -0.371. The van der Waals surface area contributed by atoms with E-state index in [9.17, 15) is 4.79 Å². The molecule has 5 nitrogen and oxygen atoms in total. The summed E-state index contributed by atoms with van der Waals surface area (Å²) in [5.41, 5.74) is 0.414. The van der Waals surface area contributed by atoms with Crippen LogP contribution < -0.4 is 4.90 Å². The molecule has 86 valence electrons. The van der Waals surface area contributed by atoms with E-state index in [1.807, 2.05) is 0 Å². The number of rotatable bonds is 2. The van der Waals surface area contributed by atoms with E-state index < -0.39 is 5.97 Å². The molecule has 2 rings (SSSR count). The molecule has 1 saturated heterocycles. The summed E-state index contributed by atoms with van der Waals surface area (Å²) in [4.78, 5) is 20.9. The second-order valence-corrected chi connectivity index (χ2v) is 4.91. The zero-order chi connectivity index (χ0) is 11.8. The summed E-state index contributed by atoms with van der Waals surface area (Å²) in [5, 5.41) is 8.73. The molecule has 0 atom stereocenters. The maximum Gasteiger partial charge on any atom is 0.338 e. The van der Waals surface area contributed by atoms with Crippen LogP contribution in [0.2, 0.25) is 0 Å². The molecule has 16 heavy (non-hydrogen) atoms. The standard InChI is InChI=1S/C11H15N3O2/c1-11(2)3-4-14(7-11)10-12-5-8(6-13-10)9(15)16/h5-6H,3-4,7H2,1-2H3,(H,15,16). The molecule has 1 N–H and O–H groups in total. The molecule has 1 aliphatic heterocycles. The van der Waals surface area contributed by atoms with Gasteiger partial charge in [0.2, 0.25) is 5.95 Å². The number of carboxylic acids is 1. The lowest BCUT2D eigenvalue weighted by Gasteiger charge is -2.19. The summed E-state index contributed by atoms with van der Waals surface area (Å²) in [6.45, 7) is 6.26. The first-order valence-electron chi connectivity index (χ1n) is 5.28. The summed E-state index contributed by atoms with van der Waals surface area (Å²) in [6, 6.07) is 0. The minimum atomic E-state index is -0.992. The van der Waals surface area contributed by atoms with Gasteiger partial charge in [0.05, 0.1) is 5.56 Å². The van der Waals surface area contributed by atoms with Crippen LogP contribution in [0.15, 0.2) is 12.4 Å². The molecule has 0 amide bonds. The Hall–Kier alpha value is -1.65. The van der Waals surface area contributed by atoms with E-state index in [1.54, 1.807) is 0 Å². The molecule has 2 heterocycles. The topological polar surface area (TPSA) is 66.3 Å². The largest absolute Gasteiger partial charge is 0.478 e. The van der Waals surface area contributed by atoms with E-state index in [0.717, 1.165) is 19.5 Å². The van der Waals surface area contributed by atoms with E-state index in [1.165, 1.54) is 12.4 Å². The van der Waals surface area contributed by atoms with Crippen molar-refractivity contribution in [1.82, 2.24) is 9.97 Å². The smallest absolute Gasteiger partial charge is 0.338 e. The number of hydrogen-bond acceptors (Lipinski definition) is 4. The molecule has 1 aliphatic rings. The highest BCUT2D eigenvalue weighted by Gasteiger charge is 2.30. The van der Waals surface area contributed by atoms with Gasteiger partial charge in [-0.2, -0.15) is 0 Å². The first-order chi connectivity index (χ1) is 7.48. The van der Waals surface area contributed by atoms with Gasteiger partial charge in [-0.05, 0) is 11.8 Å². The van der Waals surface area contributed by atoms with Crippen molar-refractivity contribution in [3.05, 3.63) is 18.0 Å². The average molecular weight is 221 g/mol. The Labute approximate surface area is 94.1 Å². The summed E-state index contributed by atoms with van der Waals surface area (Å²) in [7, 11) is 0. The van der Waals surface area contributed by atoms with Gasteiger partial charge in [0.15, 0.2) is 0 Å². The molecule has 1 aromatic rings. The molecule has 0 spiro atoms. The fourth-order valence-corrected chi connectivity index (χ4v) is 1.88. The molecule has 1 fully saturated rings. The highest BCUT2D eigenvalue weighted by Crippen LogP contribution is 2.30. The van der Waals surface area contributed by atoms with E-state index in [-0.39, 0.29) is 11.0 Å². The Balaban J connectivity index is 2.14. The lowest BCUT2D eigenvalue weighted by molar-refractivity contribution is 0.0696. The van der Waals surface area contributed by atoms with E-state index in [2.05, 4.69) is 28.7 Å². The summed E-state index contributed by atoms with van der Waals surface area (Å²) < 4.78 is 0. The Kier molecular flexibility index (Phi) is 2.53. The zero-order valence-corrected chi connectivity index (χ0v) is 9.47. The number of anilines is 1. The van der Waals surface area contributed by atoms with Gasteiger partial charge in [-0.25, -0.2) is 14.8 Å². The minimum Gasteiger partial charge on any atom is -0.478 e. The van der Waals surface area contributed by atoms with Gasteiger partial charge < -0.3 is 10.0 Å². The number of aromatic nitrogens is 2. The lowest BCUT2D eigenvalue weighted by Crippen LogP contribution is -2.24. The van der Waals surface area contributed by atoms with Gasteiger partial charge in [-0.1, -0.05) is 13.8 Å². The summed E-state index contributed by atoms with van der Waals surface area (Å²) in [6.07, 6.45) is 3.82. The van der Waals surface area contributed by atoms with E-state index >= 15 is 0 Å². The molecule has 5 heteroatoms. The predicted octanol–water partition coefficient (Wildman–Crippen LogP) is 1.41. The van der Waals surface area contributed by atoms with Crippen molar-refractivity contribution in [2.24, 2.45) is 5.41 Å². The van der Waals surface area contributed by atoms with Gasteiger partial charge in [-0.15, -0.1) is 0 Å². The van der Waals surface area contributed by atoms with Crippen molar-refractivity contribution < 1.29 is 9.90 Å². The fourth-order valence-electron chi connectivity index (χ4n) is 1.88. The molecule has 0 aliphatic carbocycles. The molecule has 0 saturated carbocycles. The number of aromatic carboxylic acids is 1. The van der Waals surface area contributed by atoms with Crippen LogP contribution in [0.5, 0.6) is 0 Å². The highest BCUT2D eigenvalue weighted by molar-refractivity contribution is 5.86. The van der Waals surface area contributed by atoms with Crippen LogP contribution >= 0.6 is 0 Å². The van der Waals surface area contributed by atoms with Crippen molar-refractivity contribution in [3.8, 4) is 0 Å². The van der Waals surface area contributed by atoms with Crippen molar-refractivity contribution >= 4 is 11.9 Å². The fraction of sp³-hybridized carbons (Fsp3) is 0.545. The van der Waals surface area contributed by atoms with Crippen LogP contribution in [0.1, 0.15) is 30.6 Å². The number of nitrogens with zero attached hydrogens (tertiary/aromatic N) is 3. The quantitative estimate of drug-likeness (QED) is 0.817. The number of carboxylic acid groups (broad SMARTS) is 1. The van der Waals surface area contributed by atoms with Gasteiger partial charge in [0.25, 0.3) is 0 Å². The normalized spacial score (nSPS) is 18.8. The minimum absolute atomic E-state index is 0.127. The maximum atomic E-state index is 10.6. The third kappa shape index (κ3) is 2.13. The van der Waals surface area contributed by atoms with Crippen molar-refractivity contribution in [1.29, 1.82) is 0 Å². The first-order valence-corrected chi connectivity index (χ1v) is 5.28. The Morgan fingerprint density at radius 3 is 2.50 bits per heavy atom.